The average Bonchev–Trinajstić information content (AvgIpc) is 3.10. The molecule has 6 nitrogen and oxygen atoms in total. The van der Waals surface area contributed by atoms with Crippen molar-refractivity contribution in [3.05, 3.63) is 64.7 Å². The van der Waals surface area contributed by atoms with Crippen LogP contribution < -0.4 is 10.1 Å². The molecule has 0 saturated carbocycles. The number of carbonyl (C=O) groups is 1. The van der Waals surface area contributed by atoms with Crippen LogP contribution in [-0.2, 0) is 17.1 Å². The van der Waals surface area contributed by atoms with Crippen molar-refractivity contribution in [3.63, 3.8) is 0 Å². The highest BCUT2D eigenvalue weighted by atomic mass is 35.5. The standard InChI is InChI=1S/C21H23ClN4O2S/c1-3-26-20(23-19(27)12-13-28-17-10-8-15(2)9-11-17)24-25-21(26)29-14-16-6-4-5-7-18(16)22/h4-11H,3,12-14H2,1-2H3,(H,23,24,27). The fraction of sp³-hybridized carbons (Fsp3) is 0.286. The zero-order chi connectivity index (χ0) is 20.6. The minimum absolute atomic E-state index is 0.165. The molecule has 152 valence electrons. The molecule has 1 heterocycles. The zero-order valence-electron chi connectivity index (χ0n) is 16.4. The minimum Gasteiger partial charge on any atom is -0.493 e. The highest BCUT2D eigenvalue weighted by molar-refractivity contribution is 7.98. The first-order valence-electron chi connectivity index (χ1n) is 9.35. The Kier molecular flexibility index (Phi) is 7.55. The summed E-state index contributed by atoms with van der Waals surface area (Å²) in [5.74, 6) is 1.70. The van der Waals surface area contributed by atoms with Crippen LogP contribution >= 0.6 is 23.4 Å². The van der Waals surface area contributed by atoms with E-state index >= 15 is 0 Å². The Morgan fingerprint density at radius 3 is 2.66 bits per heavy atom. The molecule has 1 amide bonds. The van der Waals surface area contributed by atoms with Crippen molar-refractivity contribution >= 4 is 35.2 Å². The van der Waals surface area contributed by atoms with Gasteiger partial charge in [0.2, 0.25) is 11.9 Å². The van der Waals surface area contributed by atoms with Gasteiger partial charge in [0.05, 0.1) is 13.0 Å². The first kappa shape index (κ1) is 21.2. The number of aryl methyl sites for hydroxylation is 1. The Labute approximate surface area is 179 Å². The van der Waals surface area contributed by atoms with Gasteiger partial charge in [-0.1, -0.05) is 59.3 Å². The van der Waals surface area contributed by atoms with Crippen LogP contribution in [0.5, 0.6) is 5.75 Å². The van der Waals surface area contributed by atoms with Crippen LogP contribution in [0, 0.1) is 6.92 Å². The normalized spacial score (nSPS) is 10.7. The summed E-state index contributed by atoms with van der Waals surface area (Å²) in [5, 5.41) is 12.6. The van der Waals surface area contributed by atoms with E-state index in [1.54, 1.807) is 0 Å². The molecule has 0 aliphatic carbocycles. The molecule has 2 aromatic carbocycles. The molecule has 0 aliphatic rings. The fourth-order valence-electron chi connectivity index (χ4n) is 2.61. The van der Waals surface area contributed by atoms with Crippen LogP contribution in [0.3, 0.4) is 0 Å². The second kappa shape index (κ2) is 10.3. The number of ether oxygens (including phenoxy) is 1. The second-order valence-corrected chi connectivity index (χ2v) is 7.74. The third-order valence-electron chi connectivity index (χ3n) is 4.22. The predicted octanol–water partition coefficient (Wildman–Crippen LogP) is 4.96. The molecule has 0 spiro atoms. The van der Waals surface area contributed by atoms with Crippen LogP contribution in [0.1, 0.15) is 24.5 Å². The molecule has 0 atom stereocenters. The molecule has 3 rings (SSSR count). The summed E-state index contributed by atoms with van der Waals surface area (Å²) >= 11 is 7.75. The van der Waals surface area contributed by atoms with Gasteiger partial charge in [0, 0.05) is 17.3 Å². The molecular weight excluding hydrogens is 408 g/mol. The first-order valence-corrected chi connectivity index (χ1v) is 10.7. The monoisotopic (exact) mass is 430 g/mol. The van der Waals surface area contributed by atoms with E-state index in [4.69, 9.17) is 16.3 Å². The van der Waals surface area contributed by atoms with E-state index in [0.29, 0.717) is 24.9 Å². The number of nitrogens with one attached hydrogen (secondary N) is 1. The van der Waals surface area contributed by atoms with Crippen molar-refractivity contribution in [2.75, 3.05) is 11.9 Å². The van der Waals surface area contributed by atoms with E-state index in [0.717, 1.165) is 27.1 Å². The number of nitrogens with zero attached hydrogens (tertiary/aromatic N) is 3. The van der Waals surface area contributed by atoms with Crippen LogP contribution in [0.4, 0.5) is 5.95 Å². The summed E-state index contributed by atoms with van der Waals surface area (Å²) < 4.78 is 7.48. The van der Waals surface area contributed by atoms with Crippen molar-refractivity contribution in [2.24, 2.45) is 0 Å². The maximum absolute atomic E-state index is 12.3. The summed E-state index contributed by atoms with van der Waals surface area (Å²) in [4.78, 5) is 12.3. The third kappa shape index (κ3) is 5.98. The van der Waals surface area contributed by atoms with E-state index in [9.17, 15) is 4.79 Å². The number of benzene rings is 2. The molecule has 1 aromatic heterocycles. The summed E-state index contributed by atoms with van der Waals surface area (Å²) in [5.41, 5.74) is 2.20. The maximum Gasteiger partial charge on any atom is 0.231 e. The lowest BCUT2D eigenvalue weighted by atomic mass is 10.2. The molecule has 0 saturated heterocycles. The van der Waals surface area contributed by atoms with Gasteiger partial charge in [-0.15, -0.1) is 10.2 Å². The molecule has 0 aliphatic heterocycles. The number of hydrogen-bond acceptors (Lipinski definition) is 5. The smallest absolute Gasteiger partial charge is 0.231 e. The highest BCUT2D eigenvalue weighted by Gasteiger charge is 2.14. The van der Waals surface area contributed by atoms with Gasteiger partial charge in [0.25, 0.3) is 0 Å². The van der Waals surface area contributed by atoms with E-state index in [1.165, 1.54) is 11.8 Å². The Bertz CT molecular complexity index is 960. The van der Waals surface area contributed by atoms with E-state index in [-0.39, 0.29) is 12.3 Å². The van der Waals surface area contributed by atoms with Crippen molar-refractivity contribution in [1.82, 2.24) is 14.8 Å². The minimum atomic E-state index is -0.165. The number of anilines is 1. The molecule has 3 aromatic rings. The maximum atomic E-state index is 12.3. The fourth-order valence-corrected chi connectivity index (χ4v) is 3.90. The largest absolute Gasteiger partial charge is 0.493 e. The number of rotatable bonds is 9. The van der Waals surface area contributed by atoms with E-state index < -0.39 is 0 Å². The van der Waals surface area contributed by atoms with Gasteiger partial charge in [-0.3, -0.25) is 14.7 Å². The Balaban J connectivity index is 1.53. The number of aromatic nitrogens is 3. The van der Waals surface area contributed by atoms with Gasteiger partial charge in [-0.05, 0) is 37.6 Å². The summed E-state index contributed by atoms with van der Waals surface area (Å²) in [6, 6.07) is 15.4. The lowest BCUT2D eigenvalue weighted by Gasteiger charge is -2.09. The second-order valence-electron chi connectivity index (χ2n) is 6.39. The number of thioether (sulfide) groups is 1. The molecule has 0 unspecified atom stereocenters. The number of carbonyl (C=O) groups excluding carboxylic acids is 1. The Hall–Kier alpha value is -2.51. The average molecular weight is 431 g/mol. The summed E-state index contributed by atoms with van der Waals surface area (Å²) in [6.45, 7) is 4.94. The summed E-state index contributed by atoms with van der Waals surface area (Å²) in [6.07, 6.45) is 0.229. The van der Waals surface area contributed by atoms with Crippen LogP contribution in [0.2, 0.25) is 5.02 Å². The van der Waals surface area contributed by atoms with Crippen LogP contribution in [0.25, 0.3) is 0 Å². The first-order chi connectivity index (χ1) is 14.1. The molecule has 8 heteroatoms. The van der Waals surface area contributed by atoms with Gasteiger partial charge >= 0.3 is 0 Å². The molecule has 0 radical (unpaired) electrons. The van der Waals surface area contributed by atoms with Crippen LogP contribution in [0.15, 0.2) is 53.7 Å². The van der Waals surface area contributed by atoms with Gasteiger partial charge < -0.3 is 4.74 Å². The number of hydrogen-bond donors (Lipinski definition) is 1. The van der Waals surface area contributed by atoms with Crippen molar-refractivity contribution in [3.8, 4) is 5.75 Å². The van der Waals surface area contributed by atoms with Gasteiger partial charge in [-0.25, -0.2) is 0 Å². The summed E-state index contributed by atoms with van der Waals surface area (Å²) in [7, 11) is 0. The van der Waals surface area contributed by atoms with Crippen molar-refractivity contribution in [2.45, 2.75) is 37.7 Å². The lowest BCUT2D eigenvalue weighted by Crippen LogP contribution is -2.18. The molecule has 1 N–H and O–H groups in total. The Morgan fingerprint density at radius 2 is 1.93 bits per heavy atom. The quantitative estimate of drug-likeness (QED) is 0.486. The lowest BCUT2D eigenvalue weighted by molar-refractivity contribution is -0.116. The van der Waals surface area contributed by atoms with Crippen molar-refractivity contribution < 1.29 is 9.53 Å². The Morgan fingerprint density at radius 1 is 1.17 bits per heavy atom. The highest BCUT2D eigenvalue weighted by Crippen LogP contribution is 2.27. The molecule has 0 fully saturated rings. The van der Waals surface area contributed by atoms with Gasteiger partial charge in [0.1, 0.15) is 5.75 Å². The third-order valence-corrected chi connectivity index (χ3v) is 5.60. The van der Waals surface area contributed by atoms with Crippen molar-refractivity contribution in [1.29, 1.82) is 0 Å². The van der Waals surface area contributed by atoms with Gasteiger partial charge in [-0.2, -0.15) is 0 Å². The molecular formula is C21H23ClN4O2S. The topological polar surface area (TPSA) is 69.0 Å². The SMILES string of the molecule is CCn1c(NC(=O)CCOc2ccc(C)cc2)nnc1SCc1ccccc1Cl. The molecule has 0 bridgehead atoms. The number of amides is 1. The van der Waals surface area contributed by atoms with E-state index in [2.05, 4.69) is 15.5 Å². The van der Waals surface area contributed by atoms with Crippen LogP contribution in [-0.4, -0.2) is 27.3 Å². The van der Waals surface area contributed by atoms with E-state index in [1.807, 2.05) is 66.9 Å². The zero-order valence-corrected chi connectivity index (χ0v) is 18.0. The number of halogens is 1. The molecule has 29 heavy (non-hydrogen) atoms. The predicted molar refractivity (Wildman–Crippen MR) is 117 cm³/mol. The van der Waals surface area contributed by atoms with Gasteiger partial charge in [0.15, 0.2) is 5.16 Å².